The van der Waals surface area contributed by atoms with Gasteiger partial charge in [0, 0.05) is 6.42 Å². The minimum atomic E-state index is -0.614. The fourth-order valence-corrected chi connectivity index (χ4v) is 9.69. The summed E-state index contributed by atoms with van der Waals surface area (Å²) in [5, 5.41) is 9.01. The predicted molar refractivity (Wildman–Crippen MR) is 104 cm³/mol. The quantitative estimate of drug-likeness (QED) is 0.641. The van der Waals surface area contributed by atoms with E-state index in [0.29, 0.717) is 11.8 Å². The van der Waals surface area contributed by atoms with E-state index in [0.717, 1.165) is 53.3 Å². The van der Waals surface area contributed by atoms with Crippen molar-refractivity contribution in [3.63, 3.8) is 0 Å². The van der Waals surface area contributed by atoms with Gasteiger partial charge in [-0.05, 0) is 110 Å². The molecular formula is C24H38O2. The molecule has 5 aliphatic carbocycles. The predicted octanol–water partition coefficient (Wildman–Crippen LogP) is 6.29. The van der Waals surface area contributed by atoms with Crippen molar-refractivity contribution in [2.45, 2.75) is 97.3 Å². The van der Waals surface area contributed by atoms with Crippen LogP contribution >= 0.6 is 0 Å². The van der Waals surface area contributed by atoms with E-state index < -0.39 is 5.97 Å². The Morgan fingerprint density at radius 3 is 2.50 bits per heavy atom. The summed E-state index contributed by atoms with van der Waals surface area (Å²) >= 11 is 0. The molecule has 146 valence electrons. The summed E-state index contributed by atoms with van der Waals surface area (Å²) in [5.41, 5.74) is 2.02. The van der Waals surface area contributed by atoms with E-state index >= 15 is 0 Å². The van der Waals surface area contributed by atoms with Crippen LogP contribution in [0.25, 0.3) is 0 Å². The number of carboxylic acids is 1. The zero-order valence-corrected chi connectivity index (χ0v) is 16.9. The summed E-state index contributed by atoms with van der Waals surface area (Å²) in [5.74, 6) is 4.16. The van der Waals surface area contributed by atoms with Gasteiger partial charge in [-0.2, -0.15) is 0 Å². The van der Waals surface area contributed by atoms with Crippen molar-refractivity contribution >= 4 is 5.97 Å². The summed E-state index contributed by atoms with van der Waals surface area (Å²) < 4.78 is 0. The van der Waals surface area contributed by atoms with Gasteiger partial charge < -0.3 is 5.11 Å². The number of carboxylic acid groups (broad SMARTS) is 1. The first-order valence-corrected chi connectivity index (χ1v) is 11.6. The second-order valence-electron chi connectivity index (χ2n) is 11.3. The molecule has 0 amide bonds. The van der Waals surface area contributed by atoms with Crippen LogP contribution in [-0.4, -0.2) is 11.1 Å². The zero-order valence-electron chi connectivity index (χ0n) is 16.9. The summed E-state index contributed by atoms with van der Waals surface area (Å²) in [6, 6.07) is 0. The largest absolute Gasteiger partial charge is 0.481 e. The van der Waals surface area contributed by atoms with Crippen LogP contribution in [0.15, 0.2) is 0 Å². The van der Waals surface area contributed by atoms with E-state index in [-0.39, 0.29) is 0 Å². The number of fused-ring (bicyclic) bond motifs is 2. The van der Waals surface area contributed by atoms with Crippen molar-refractivity contribution in [1.29, 1.82) is 0 Å². The van der Waals surface area contributed by atoms with E-state index in [1.54, 1.807) is 12.8 Å². The lowest BCUT2D eigenvalue weighted by atomic mass is 9.48. The Morgan fingerprint density at radius 1 is 0.962 bits per heavy atom. The molecule has 5 rings (SSSR count). The molecule has 2 nitrogen and oxygen atoms in total. The van der Waals surface area contributed by atoms with E-state index in [9.17, 15) is 4.79 Å². The van der Waals surface area contributed by atoms with Crippen molar-refractivity contribution in [1.82, 2.24) is 0 Å². The monoisotopic (exact) mass is 358 g/mol. The lowest BCUT2D eigenvalue weighted by molar-refractivity contribution is -0.137. The average molecular weight is 359 g/mol. The third-order valence-electron chi connectivity index (χ3n) is 10.8. The highest BCUT2D eigenvalue weighted by molar-refractivity contribution is 5.66. The highest BCUT2D eigenvalue weighted by Crippen LogP contribution is 2.85. The van der Waals surface area contributed by atoms with Crippen LogP contribution in [0.5, 0.6) is 0 Å². The summed E-state index contributed by atoms with van der Waals surface area (Å²) in [4.78, 5) is 10.9. The molecule has 5 fully saturated rings. The molecule has 5 saturated carbocycles. The van der Waals surface area contributed by atoms with Crippen molar-refractivity contribution in [3.05, 3.63) is 0 Å². The van der Waals surface area contributed by atoms with Crippen LogP contribution in [0.4, 0.5) is 0 Å². The fourth-order valence-electron chi connectivity index (χ4n) is 9.69. The molecule has 0 aromatic carbocycles. The fraction of sp³-hybridized carbons (Fsp3) is 0.958. The Kier molecular flexibility index (Phi) is 3.88. The van der Waals surface area contributed by atoms with E-state index in [2.05, 4.69) is 13.8 Å². The van der Waals surface area contributed by atoms with Crippen molar-refractivity contribution in [2.24, 2.45) is 45.8 Å². The Hall–Kier alpha value is -0.530. The van der Waals surface area contributed by atoms with Crippen molar-refractivity contribution < 1.29 is 9.90 Å². The van der Waals surface area contributed by atoms with Crippen LogP contribution in [0.2, 0.25) is 0 Å². The summed E-state index contributed by atoms with van der Waals surface area (Å²) in [7, 11) is 0. The maximum atomic E-state index is 10.9. The topological polar surface area (TPSA) is 37.3 Å². The van der Waals surface area contributed by atoms with Gasteiger partial charge >= 0.3 is 5.97 Å². The number of aliphatic carboxylic acids is 1. The van der Waals surface area contributed by atoms with Crippen LogP contribution in [0.1, 0.15) is 97.3 Å². The van der Waals surface area contributed by atoms with E-state index in [4.69, 9.17) is 5.11 Å². The Morgan fingerprint density at radius 2 is 1.69 bits per heavy atom. The molecule has 26 heavy (non-hydrogen) atoms. The standard InChI is InChI=1S/C24H38O2/c1-16-5-4-12-23-15-24(23)14-13-22(2)17(6-3-7-21(25)26)8-9-19(22)20(24)11-10-18(16)23/h16-20H,3-15H2,1-2H3,(H,25,26). The average Bonchev–Trinajstić information content (AvgIpc) is 3.14. The maximum Gasteiger partial charge on any atom is 0.303 e. The van der Waals surface area contributed by atoms with Crippen LogP contribution < -0.4 is 0 Å². The Balaban J connectivity index is 1.35. The molecule has 0 aromatic rings. The first-order chi connectivity index (χ1) is 12.4. The molecule has 0 saturated heterocycles. The molecule has 0 bridgehead atoms. The van der Waals surface area contributed by atoms with Gasteiger partial charge in [0.15, 0.2) is 0 Å². The van der Waals surface area contributed by atoms with Gasteiger partial charge in [-0.1, -0.05) is 26.7 Å². The Labute approximate surface area is 159 Å². The molecule has 2 spiro atoms. The first-order valence-electron chi connectivity index (χ1n) is 11.6. The molecule has 0 heterocycles. The van der Waals surface area contributed by atoms with Gasteiger partial charge in [0.05, 0.1) is 0 Å². The van der Waals surface area contributed by atoms with E-state index in [1.165, 1.54) is 51.4 Å². The van der Waals surface area contributed by atoms with Crippen molar-refractivity contribution in [2.75, 3.05) is 0 Å². The van der Waals surface area contributed by atoms with Crippen LogP contribution in [0, 0.1) is 45.8 Å². The summed E-state index contributed by atoms with van der Waals surface area (Å²) in [6.45, 7) is 5.16. The number of hydrogen-bond donors (Lipinski definition) is 1. The third-order valence-corrected chi connectivity index (χ3v) is 10.8. The maximum absolute atomic E-state index is 10.9. The highest BCUT2D eigenvalue weighted by Gasteiger charge is 2.78. The van der Waals surface area contributed by atoms with Gasteiger partial charge in [0.1, 0.15) is 0 Å². The smallest absolute Gasteiger partial charge is 0.303 e. The second kappa shape index (κ2) is 5.74. The van der Waals surface area contributed by atoms with Gasteiger partial charge in [0.25, 0.3) is 0 Å². The first kappa shape index (κ1) is 17.6. The number of rotatable bonds is 4. The lowest BCUT2D eigenvalue weighted by Gasteiger charge is -2.56. The molecule has 8 atom stereocenters. The second-order valence-corrected chi connectivity index (χ2v) is 11.3. The molecular weight excluding hydrogens is 320 g/mol. The molecule has 2 heteroatoms. The molecule has 8 unspecified atom stereocenters. The molecule has 5 aliphatic rings. The van der Waals surface area contributed by atoms with Gasteiger partial charge in [0.2, 0.25) is 0 Å². The number of hydrogen-bond acceptors (Lipinski definition) is 1. The minimum Gasteiger partial charge on any atom is -0.481 e. The lowest BCUT2D eigenvalue weighted by Crippen LogP contribution is -2.49. The molecule has 0 aliphatic heterocycles. The SMILES string of the molecule is CC1CCCC23CC24CCC2(C)C(CCCC(=O)O)CCC2C4CCC13. The molecule has 1 N–H and O–H groups in total. The van der Waals surface area contributed by atoms with Gasteiger partial charge in [-0.15, -0.1) is 0 Å². The zero-order chi connectivity index (χ0) is 18.2. The summed E-state index contributed by atoms with van der Waals surface area (Å²) in [6.07, 6.45) is 17.3. The molecule has 0 radical (unpaired) electrons. The minimum absolute atomic E-state index is 0.368. The highest BCUT2D eigenvalue weighted by atomic mass is 16.4. The molecule has 0 aromatic heterocycles. The van der Waals surface area contributed by atoms with Gasteiger partial charge in [-0.25, -0.2) is 0 Å². The van der Waals surface area contributed by atoms with Gasteiger partial charge in [-0.3, -0.25) is 4.79 Å². The third kappa shape index (κ3) is 2.14. The van der Waals surface area contributed by atoms with Crippen molar-refractivity contribution in [3.8, 4) is 0 Å². The number of carbonyl (C=O) groups is 1. The van der Waals surface area contributed by atoms with Crippen LogP contribution in [0.3, 0.4) is 0 Å². The van der Waals surface area contributed by atoms with Crippen LogP contribution in [-0.2, 0) is 4.79 Å². The Bertz CT molecular complexity index is 599. The normalized spacial score (nSPS) is 54.6. The van der Waals surface area contributed by atoms with E-state index in [1.807, 2.05) is 0 Å².